The van der Waals surface area contributed by atoms with Crippen molar-refractivity contribution in [3.8, 4) is 39.4 Å². The standard InChI is InChI=1S/C41H23NO2/c42-24-31-7-1-2-8-32(31)26-15-13-25(14-16-26)27-17-18-29-22-30(20-19-28(29)21-27)39-40-35(33-9-3-5-11-37(33)43-40)23-36-34-10-4-6-12-38(34)44-41(36)39/h1-23H. The van der Waals surface area contributed by atoms with E-state index in [9.17, 15) is 5.26 Å². The van der Waals surface area contributed by atoms with E-state index >= 15 is 0 Å². The fraction of sp³-hybridized carbons (Fsp3) is 0. The Kier molecular flexibility index (Phi) is 5.26. The lowest BCUT2D eigenvalue weighted by Gasteiger charge is -2.09. The van der Waals surface area contributed by atoms with E-state index in [0.717, 1.165) is 88.0 Å². The highest BCUT2D eigenvalue weighted by Crippen LogP contribution is 2.45. The van der Waals surface area contributed by atoms with Crippen molar-refractivity contribution in [3.05, 3.63) is 145 Å². The third-order valence-corrected chi connectivity index (χ3v) is 8.72. The van der Waals surface area contributed by atoms with Gasteiger partial charge in [0.15, 0.2) is 0 Å². The molecule has 0 aliphatic rings. The Balaban J connectivity index is 1.18. The first kappa shape index (κ1) is 24.5. The molecule has 2 aromatic heterocycles. The average Bonchev–Trinajstić information content (AvgIpc) is 3.65. The molecule has 9 rings (SSSR count). The summed E-state index contributed by atoms with van der Waals surface area (Å²) in [5.41, 5.74) is 10.4. The van der Waals surface area contributed by atoms with Crippen LogP contribution in [0.4, 0.5) is 0 Å². The molecule has 44 heavy (non-hydrogen) atoms. The Labute approximate surface area is 252 Å². The predicted octanol–water partition coefficient (Wildman–Crippen LogP) is 11.5. The number of rotatable bonds is 3. The summed E-state index contributed by atoms with van der Waals surface area (Å²) in [6.07, 6.45) is 0. The zero-order valence-corrected chi connectivity index (χ0v) is 23.5. The summed E-state index contributed by atoms with van der Waals surface area (Å²) in [6, 6.07) is 50.2. The highest BCUT2D eigenvalue weighted by molar-refractivity contribution is 6.22. The van der Waals surface area contributed by atoms with Gasteiger partial charge in [0.05, 0.1) is 17.2 Å². The average molecular weight is 562 g/mol. The second kappa shape index (κ2) is 9.46. The van der Waals surface area contributed by atoms with E-state index in [0.29, 0.717) is 5.56 Å². The Morgan fingerprint density at radius 3 is 1.61 bits per heavy atom. The molecule has 0 amide bonds. The van der Waals surface area contributed by atoms with Gasteiger partial charge >= 0.3 is 0 Å². The zero-order chi connectivity index (χ0) is 29.2. The molecule has 3 heteroatoms. The molecule has 0 radical (unpaired) electrons. The Morgan fingerprint density at radius 1 is 0.432 bits per heavy atom. The van der Waals surface area contributed by atoms with Gasteiger partial charge < -0.3 is 8.83 Å². The number of nitrogens with zero attached hydrogens (tertiary/aromatic N) is 1. The number of nitriles is 1. The molecule has 204 valence electrons. The van der Waals surface area contributed by atoms with Gasteiger partial charge in [-0.15, -0.1) is 0 Å². The molecule has 0 atom stereocenters. The molecule has 3 nitrogen and oxygen atoms in total. The van der Waals surface area contributed by atoms with Gasteiger partial charge in [-0.05, 0) is 75.0 Å². The number of para-hydroxylation sites is 2. The Bertz CT molecular complexity index is 2520. The van der Waals surface area contributed by atoms with E-state index in [1.807, 2.05) is 48.5 Å². The predicted molar refractivity (Wildman–Crippen MR) is 180 cm³/mol. The third kappa shape index (κ3) is 3.68. The van der Waals surface area contributed by atoms with Crippen LogP contribution in [0.3, 0.4) is 0 Å². The number of furan rings is 2. The molecular weight excluding hydrogens is 538 g/mol. The normalized spacial score (nSPS) is 11.6. The molecule has 2 heterocycles. The van der Waals surface area contributed by atoms with Gasteiger partial charge in [0.1, 0.15) is 22.3 Å². The summed E-state index contributed by atoms with van der Waals surface area (Å²) in [4.78, 5) is 0. The van der Waals surface area contributed by atoms with Gasteiger partial charge in [0, 0.05) is 21.5 Å². The minimum Gasteiger partial charge on any atom is -0.455 e. The molecule has 0 aliphatic heterocycles. The highest BCUT2D eigenvalue weighted by atomic mass is 16.3. The van der Waals surface area contributed by atoms with Crippen LogP contribution >= 0.6 is 0 Å². The third-order valence-electron chi connectivity index (χ3n) is 8.72. The number of fused-ring (bicyclic) bond motifs is 7. The van der Waals surface area contributed by atoms with Gasteiger partial charge in [-0.1, -0.05) is 103 Å². The van der Waals surface area contributed by atoms with Gasteiger partial charge in [0.2, 0.25) is 0 Å². The van der Waals surface area contributed by atoms with Crippen LogP contribution in [0.15, 0.2) is 148 Å². The Morgan fingerprint density at radius 2 is 0.955 bits per heavy atom. The SMILES string of the molecule is N#Cc1ccccc1-c1ccc(-c2ccc3cc(-c4c5oc6ccccc6c5cc5c4oc4ccccc45)ccc3c2)cc1. The summed E-state index contributed by atoms with van der Waals surface area (Å²) in [7, 11) is 0. The molecular formula is C41H23NO2. The zero-order valence-electron chi connectivity index (χ0n) is 23.5. The van der Waals surface area contributed by atoms with Crippen LogP contribution in [-0.2, 0) is 0 Å². The van der Waals surface area contributed by atoms with E-state index in [-0.39, 0.29) is 0 Å². The van der Waals surface area contributed by atoms with Crippen molar-refractivity contribution in [1.82, 2.24) is 0 Å². The van der Waals surface area contributed by atoms with Crippen molar-refractivity contribution >= 4 is 54.6 Å². The minimum absolute atomic E-state index is 0.681. The van der Waals surface area contributed by atoms with Gasteiger partial charge in [-0.25, -0.2) is 0 Å². The van der Waals surface area contributed by atoms with Crippen LogP contribution in [-0.4, -0.2) is 0 Å². The van der Waals surface area contributed by atoms with Crippen molar-refractivity contribution in [1.29, 1.82) is 5.26 Å². The van der Waals surface area contributed by atoms with E-state index in [1.54, 1.807) is 0 Å². The number of benzene rings is 7. The summed E-state index contributed by atoms with van der Waals surface area (Å²) in [6.45, 7) is 0. The van der Waals surface area contributed by atoms with Gasteiger partial charge in [0.25, 0.3) is 0 Å². The second-order valence-electron chi connectivity index (χ2n) is 11.2. The Hall–Kier alpha value is -6.11. The van der Waals surface area contributed by atoms with Crippen LogP contribution in [0, 0.1) is 11.3 Å². The summed E-state index contributed by atoms with van der Waals surface area (Å²) < 4.78 is 13.0. The van der Waals surface area contributed by atoms with Gasteiger partial charge in [-0.2, -0.15) is 5.26 Å². The van der Waals surface area contributed by atoms with Gasteiger partial charge in [-0.3, -0.25) is 0 Å². The molecule has 0 N–H and O–H groups in total. The largest absolute Gasteiger partial charge is 0.455 e. The fourth-order valence-corrected chi connectivity index (χ4v) is 6.55. The van der Waals surface area contributed by atoms with E-state index in [1.165, 1.54) is 0 Å². The summed E-state index contributed by atoms with van der Waals surface area (Å²) in [5.74, 6) is 0. The number of hydrogen-bond acceptors (Lipinski definition) is 3. The maximum atomic E-state index is 9.52. The lowest BCUT2D eigenvalue weighted by Crippen LogP contribution is -1.85. The molecule has 0 saturated heterocycles. The first-order chi connectivity index (χ1) is 21.7. The molecule has 0 fully saturated rings. The van der Waals surface area contributed by atoms with Crippen LogP contribution in [0.5, 0.6) is 0 Å². The minimum atomic E-state index is 0.681. The van der Waals surface area contributed by atoms with Crippen molar-refractivity contribution in [2.75, 3.05) is 0 Å². The first-order valence-corrected chi connectivity index (χ1v) is 14.6. The number of hydrogen-bond donors (Lipinski definition) is 0. The first-order valence-electron chi connectivity index (χ1n) is 14.6. The maximum absolute atomic E-state index is 9.52. The molecule has 7 aromatic carbocycles. The molecule has 0 aliphatic carbocycles. The van der Waals surface area contributed by atoms with Crippen LogP contribution in [0.1, 0.15) is 5.56 Å². The van der Waals surface area contributed by atoms with Crippen LogP contribution < -0.4 is 0 Å². The molecule has 0 spiro atoms. The quantitative estimate of drug-likeness (QED) is 0.216. The lowest BCUT2D eigenvalue weighted by atomic mass is 9.94. The summed E-state index contributed by atoms with van der Waals surface area (Å²) >= 11 is 0. The van der Waals surface area contributed by atoms with Crippen LogP contribution in [0.2, 0.25) is 0 Å². The topological polar surface area (TPSA) is 50.1 Å². The fourth-order valence-electron chi connectivity index (χ4n) is 6.55. The lowest BCUT2D eigenvalue weighted by molar-refractivity contribution is 0.658. The van der Waals surface area contributed by atoms with E-state index in [4.69, 9.17) is 8.83 Å². The monoisotopic (exact) mass is 561 g/mol. The second-order valence-corrected chi connectivity index (χ2v) is 11.2. The molecule has 9 aromatic rings. The van der Waals surface area contributed by atoms with Crippen molar-refractivity contribution in [3.63, 3.8) is 0 Å². The smallest absolute Gasteiger partial charge is 0.147 e. The van der Waals surface area contributed by atoms with Crippen LogP contribution in [0.25, 0.3) is 88.0 Å². The van der Waals surface area contributed by atoms with Crippen molar-refractivity contribution in [2.24, 2.45) is 0 Å². The summed E-state index contributed by atoms with van der Waals surface area (Å²) in [5, 5.41) is 16.2. The molecule has 0 saturated carbocycles. The van der Waals surface area contributed by atoms with Crippen molar-refractivity contribution < 1.29 is 8.83 Å². The molecule has 0 bridgehead atoms. The molecule has 0 unspecified atom stereocenters. The van der Waals surface area contributed by atoms with E-state index < -0.39 is 0 Å². The highest BCUT2D eigenvalue weighted by Gasteiger charge is 2.21. The maximum Gasteiger partial charge on any atom is 0.147 e. The van der Waals surface area contributed by atoms with Crippen molar-refractivity contribution in [2.45, 2.75) is 0 Å². The van der Waals surface area contributed by atoms with E-state index in [2.05, 4.69) is 97.1 Å².